The second kappa shape index (κ2) is 5.27. The van der Waals surface area contributed by atoms with Crippen LogP contribution in [-0.4, -0.2) is 51.6 Å². The summed E-state index contributed by atoms with van der Waals surface area (Å²) < 4.78 is 42.3. The van der Waals surface area contributed by atoms with Crippen molar-refractivity contribution in [1.82, 2.24) is 9.97 Å². The summed E-state index contributed by atoms with van der Waals surface area (Å²) in [6.07, 6.45) is -5.13. The van der Waals surface area contributed by atoms with Crippen molar-refractivity contribution in [3.63, 3.8) is 0 Å². The van der Waals surface area contributed by atoms with Gasteiger partial charge in [0.25, 0.3) is 0 Å². The lowest BCUT2D eigenvalue weighted by molar-refractivity contribution is -0.141. The van der Waals surface area contributed by atoms with Crippen LogP contribution in [0.15, 0.2) is 12.4 Å². The highest BCUT2D eigenvalue weighted by Gasteiger charge is 2.34. The van der Waals surface area contributed by atoms with E-state index >= 15 is 0 Å². The first-order valence-electron chi connectivity index (χ1n) is 5.47. The fraction of sp³-hybridized carbons (Fsp3) is 0.600. The largest absolute Gasteiger partial charge is 0.434 e. The number of anilines is 1. The Morgan fingerprint density at radius 2 is 2.00 bits per heavy atom. The summed E-state index contributed by atoms with van der Waals surface area (Å²) in [6.45, 7) is 0.0315. The number of aliphatic hydroxyl groups is 2. The predicted octanol–water partition coefficient (Wildman–Crippen LogP) is 0.0279. The van der Waals surface area contributed by atoms with E-state index in [-0.39, 0.29) is 19.0 Å². The molecule has 0 radical (unpaired) electrons. The zero-order chi connectivity index (χ0) is 14.0. The second-order valence-corrected chi connectivity index (χ2v) is 4.13. The standard InChI is InChI=1S/C10H12F3N3O3/c11-10(12,13)7-1-14-2-8(16-7)15-5-3-19-4-6(17)9(5)18/h1-2,5-6,9,17-18H,3-4H2,(H,15,16)/t5-,6+,9+/m0/s1. The molecule has 0 unspecified atom stereocenters. The molecule has 3 N–H and O–H groups in total. The van der Waals surface area contributed by atoms with Gasteiger partial charge < -0.3 is 20.3 Å². The van der Waals surface area contributed by atoms with Gasteiger partial charge in [-0.1, -0.05) is 0 Å². The predicted molar refractivity (Wildman–Crippen MR) is 57.3 cm³/mol. The van der Waals surface area contributed by atoms with E-state index in [4.69, 9.17) is 4.74 Å². The molecule has 2 heterocycles. The fourth-order valence-electron chi connectivity index (χ4n) is 1.67. The molecular weight excluding hydrogens is 267 g/mol. The van der Waals surface area contributed by atoms with Gasteiger partial charge in [-0.3, -0.25) is 4.98 Å². The molecule has 0 bridgehead atoms. The molecule has 1 fully saturated rings. The van der Waals surface area contributed by atoms with Crippen LogP contribution in [0.2, 0.25) is 0 Å². The SMILES string of the molecule is O[C@H]1[C@H](O)COC[C@@H]1Nc1cncc(C(F)(F)F)n1. The summed E-state index contributed by atoms with van der Waals surface area (Å²) in [5, 5.41) is 21.6. The van der Waals surface area contributed by atoms with Crippen LogP contribution < -0.4 is 5.32 Å². The van der Waals surface area contributed by atoms with Crippen LogP contribution in [0.25, 0.3) is 0 Å². The molecule has 0 amide bonds. The van der Waals surface area contributed by atoms with Crippen molar-refractivity contribution in [3.05, 3.63) is 18.1 Å². The van der Waals surface area contributed by atoms with Crippen LogP contribution in [0.3, 0.4) is 0 Å². The van der Waals surface area contributed by atoms with Gasteiger partial charge in [0.2, 0.25) is 0 Å². The molecule has 9 heteroatoms. The highest BCUT2D eigenvalue weighted by Crippen LogP contribution is 2.27. The normalized spacial score (nSPS) is 28.2. The summed E-state index contributed by atoms with van der Waals surface area (Å²) in [5.41, 5.74) is -1.13. The Kier molecular flexibility index (Phi) is 3.88. The van der Waals surface area contributed by atoms with E-state index in [1.165, 1.54) is 0 Å². The van der Waals surface area contributed by atoms with Gasteiger partial charge in [-0.2, -0.15) is 13.2 Å². The maximum atomic E-state index is 12.4. The van der Waals surface area contributed by atoms with Crippen molar-refractivity contribution in [2.24, 2.45) is 0 Å². The molecular formula is C10H12F3N3O3. The van der Waals surface area contributed by atoms with Crippen molar-refractivity contribution >= 4 is 5.82 Å². The number of aliphatic hydroxyl groups excluding tert-OH is 2. The first-order valence-corrected chi connectivity index (χ1v) is 5.47. The summed E-state index contributed by atoms with van der Waals surface area (Å²) >= 11 is 0. The van der Waals surface area contributed by atoms with E-state index in [0.717, 1.165) is 6.20 Å². The summed E-state index contributed by atoms with van der Waals surface area (Å²) in [6, 6.07) is -0.749. The van der Waals surface area contributed by atoms with Gasteiger partial charge in [-0.25, -0.2) is 4.98 Å². The molecule has 1 aliphatic rings. The third-order valence-corrected chi connectivity index (χ3v) is 2.65. The number of alkyl halides is 3. The molecule has 0 aromatic carbocycles. The van der Waals surface area contributed by atoms with Crippen molar-refractivity contribution in [2.45, 2.75) is 24.4 Å². The third-order valence-electron chi connectivity index (χ3n) is 2.65. The van der Waals surface area contributed by atoms with Gasteiger partial charge in [-0.15, -0.1) is 0 Å². The van der Waals surface area contributed by atoms with E-state index in [9.17, 15) is 23.4 Å². The van der Waals surface area contributed by atoms with E-state index in [2.05, 4.69) is 15.3 Å². The number of hydrogen-bond donors (Lipinski definition) is 3. The Labute approximate surface area is 106 Å². The lowest BCUT2D eigenvalue weighted by Crippen LogP contribution is -2.51. The molecule has 1 aromatic rings. The van der Waals surface area contributed by atoms with E-state index in [0.29, 0.717) is 6.20 Å². The quantitative estimate of drug-likeness (QED) is 0.708. The lowest BCUT2D eigenvalue weighted by atomic mass is 10.0. The average molecular weight is 279 g/mol. The topological polar surface area (TPSA) is 87.5 Å². The molecule has 1 aliphatic heterocycles. The summed E-state index contributed by atoms with van der Waals surface area (Å²) in [4.78, 5) is 6.78. The summed E-state index contributed by atoms with van der Waals surface area (Å²) in [5.74, 6) is -0.142. The molecule has 1 aromatic heterocycles. The smallest absolute Gasteiger partial charge is 0.388 e. The number of nitrogens with zero attached hydrogens (tertiary/aromatic N) is 2. The van der Waals surface area contributed by atoms with Gasteiger partial charge in [0.1, 0.15) is 18.0 Å². The number of hydrogen-bond acceptors (Lipinski definition) is 6. The maximum Gasteiger partial charge on any atom is 0.434 e. The van der Waals surface area contributed by atoms with Crippen molar-refractivity contribution in [1.29, 1.82) is 0 Å². The van der Waals surface area contributed by atoms with Gasteiger partial charge in [0.15, 0.2) is 5.69 Å². The van der Waals surface area contributed by atoms with Crippen LogP contribution >= 0.6 is 0 Å². The van der Waals surface area contributed by atoms with Gasteiger partial charge in [0, 0.05) is 0 Å². The molecule has 0 spiro atoms. The zero-order valence-corrected chi connectivity index (χ0v) is 9.63. The molecule has 19 heavy (non-hydrogen) atoms. The molecule has 2 rings (SSSR count). The Morgan fingerprint density at radius 1 is 1.26 bits per heavy atom. The Hall–Kier alpha value is -1.45. The highest BCUT2D eigenvalue weighted by atomic mass is 19.4. The zero-order valence-electron chi connectivity index (χ0n) is 9.63. The van der Waals surface area contributed by atoms with Crippen LogP contribution in [0.4, 0.5) is 19.0 Å². The van der Waals surface area contributed by atoms with E-state index in [1.807, 2.05) is 0 Å². The first-order chi connectivity index (χ1) is 8.88. The lowest BCUT2D eigenvalue weighted by Gasteiger charge is -2.32. The molecule has 3 atom stereocenters. The maximum absolute atomic E-state index is 12.4. The molecule has 106 valence electrons. The number of nitrogens with one attached hydrogen (secondary N) is 1. The third kappa shape index (κ3) is 3.31. The molecule has 0 aliphatic carbocycles. The molecule has 6 nitrogen and oxygen atoms in total. The highest BCUT2D eigenvalue weighted by molar-refractivity contribution is 5.34. The van der Waals surface area contributed by atoms with E-state index in [1.54, 1.807) is 0 Å². The minimum Gasteiger partial charge on any atom is -0.388 e. The number of rotatable bonds is 2. The van der Waals surface area contributed by atoms with Gasteiger partial charge in [-0.05, 0) is 0 Å². The van der Waals surface area contributed by atoms with Crippen molar-refractivity contribution < 1.29 is 28.1 Å². The number of halogens is 3. The Bertz CT molecular complexity index is 444. The van der Waals surface area contributed by atoms with Crippen LogP contribution in [0.1, 0.15) is 5.69 Å². The second-order valence-electron chi connectivity index (χ2n) is 4.13. The summed E-state index contributed by atoms with van der Waals surface area (Å²) in [7, 11) is 0. The number of aromatic nitrogens is 2. The first kappa shape index (κ1) is 14.0. The van der Waals surface area contributed by atoms with Crippen LogP contribution in [0, 0.1) is 0 Å². The van der Waals surface area contributed by atoms with E-state index < -0.39 is 30.1 Å². The molecule has 1 saturated heterocycles. The average Bonchev–Trinajstić information content (AvgIpc) is 2.34. The minimum atomic E-state index is -4.59. The van der Waals surface area contributed by atoms with Crippen LogP contribution in [0.5, 0.6) is 0 Å². The minimum absolute atomic E-state index is 0.0202. The fourth-order valence-corrected chi connectivity index (χ4v) is 1.67. The van der Waals surface area contributed by atoms with Gasteiger partial charge >= 0.3 is 6.18 Å². The van der Waals surface area contributed by atoms with Gasteiger partial charge in [0.05, 0.1) is 31.6 Å². The Morgan fingerprint density at radius 3 is 2.68 bits per heavy atom. The number of ether oxygens (including phenoxy) is 1. The van der Waals surface area contributed by atoms with Crippen molar-refractivity contribution in [3.8, 4) is 0 Å². The Balaban J connectivity index is 2.11. The monoisotopic (exact) mass is 279 g/mol. The van der Waals surface area contributed by atoms with Crippen molar-refractivity contribution in [2.75, 3.05) is 18.5 Å². The molecule has 0 saturated carbocycles. The van der Waals surface area contributed by atoms with Crippen LogP contribution in [-0.2, 0) is 10.9 Å².